The van der Waals surface area contributed by atoms with Crippen molar-refractivity contribution in [3.8, 4) is 0 Å². The van der Waals surface area contributed by atoms with Crippen molar-refractivity contribution in [2.75, 3.05) is 10.6 Å². The van der Waals surface area contributed by atoms with Gasteiger partial charge in [-0.15, -0.1) is 0 Å². The van der Waals surface area contributed by atoms with Crippen molar-refractivity contribution in [2.24, 2.45) is 0 Å². The largest absolute Gasteiger partial charge is 0.324 e. The number of rotatable bonds is 4. The average Bonchev–Trinajstić information content (AvgIpc) is 2.54. The van der Waals surface area contributed by atoms with Gasteiger partial charge in [-0.2, -0.15) is 0 Å². The van der Waals surface area contributed by atoms with Crippen molar-refractivity contribution in [1.29, 1.82) is 0 Å². The van der Waals surface area contributed by atoms with Crippen LogP contribution in [0.3, 0.4) is 0 Å². The number of nitrogens with zero attached hydrogens (tertiary/aromatic N) is 2. The van der Waals surface area contributed by atoms with Crippen molar-refractivity contribution in [1.82, 2.24) is 9.97 Å². The van der Waals surface area contributed by atoms with Crippen LogP contribution in [0.15, 0.2) is 54.6 Å². The molecular formula is C19H17FN4O. The Balaban J connectivity index is 1.76. The number of amides is 1. The number of anilines is 3. The zero-order valence-corrected chi connectivity index (χ0v) is 13.9. The summed E-state index contributed by atoms with van der Waals surface area (Å²) in [5, 5.41) is 5.86. The molecule has 0 fully saturated rings. The molecule has 0 spiro atoms. The molecule has 126 valence electrons. The Hall–Kier alpha value is -3.28. The maximum Gasteiger partial charge on any atom is 0.255 e. The van der Waals surface area contributed by atoms with E-state index in [-0.39, 0.29) is 11.5 Å². The highest BCUT2D eigenvalue weighted by atomic mass is 19.1. The molecule has 0 aliphatic rings. The minimum atomic E-state index is -0.449. The molecule has 25 heavy (non-hydrogen) atoms. The highest BCUT2D eigenvalue weighted by Crippen LogP contribution is 2.19. The van der Waals surface area contributed by atoms with Crippen LogP contribution in [0.5, 0.6) is 0 Å². The van der Waals surface area contributed by atoms with E-state index >= 15 is 0 Å². The summed E-state index contributed by atoms with van der Waals surface area (Å²) in [6.45, 7) is 3.80. The third-order valence-electron chi connectivity index (χ3n) is 3.45. The summed E-state index contributed by atoms with van der Waals surface area (Å²) in [7, 11) is 0. The molecule has 3 aromatic rings. The molecule has 2 aromatic carbocycles. The summed E-state index contributed by atoms with van der Waals surface area (Å²) in [5.74, 6) is -0.333. The van der Waals surface area contributed by atoms with Gasteiger partial charge in [-0.3, -0.25) is 4.79 Å². The van der Waals surface area contributed by atoms with Crippen LogP contribution in [0.1, 0.15) is 21.7 Å². The molecule has 6 heteroatoms. The van der Waals surface area contributed by atoms with E-state index in [4.69, 9.17) is 0 Å². The number of nitrogens with one attached hydrogen (secondary N) is 2. The van der Waals surface area contributed by atoms with Gasteiger partial charge < -0.3 is 10.6 Å². The molecule has 3 rings (SSSR count). The number of carbonyl (C=O) groups excluding carboxylic acids is 1. The van der Waals surface area contributed by atoms with Gasteiger partial charge in [-0.25, -0.2) is 14.4 Å². The van der Waals surface area contributed by atoms with Crippen LogP contribution in [0.2, 0.25) is 0 Å². The topological polar surface area (TPSA) is 66.9 Å². The van der Waals surface area contributed by atoms with Gasteiger partial charge in [0.15, 0.2) is 0 Å². The van der Waals surface area contributed by atoms with Gasteiger partial charge in [-0.05, 0) is 56.3 Å². The monoisotopic (exact) mass is 336 g/mol. The number of hydrogen-bond donors (Lipinski definition) is 2. The Morgan fingerprint density at radius 1 is 0.920 bits per heavy atom. The number of aromatic nitrogens is 2. The molecule has 0 bridgehead atoms. The number of halogens is 1. The molecule has 0 atom stereocenters. The standard InChI is InChI=1S/C19H17FN4O/c1-12-9-13(2)22-19(21-12)24-17-8-4-7-16(11-17)23-18(25)14-5-3-6-15(20)10-14/h3-11H,1-2H3,(H,23,25)(H,21,22,24). The smallest absolute Gasteiger partial charge is 0.255 e. The predicted octanol–water partition coefficient (Wildman–Crippen LogP) is 4.23. The van der Waals surface area contributed by atoms with Crippen LogP contribution in [0.25, 0.3) is 0 Å². The lowest BCUT2D eigenvalue weighted by molar-refractivity contribution is 0.102. The van der Waals surface area contributed by atoms with Crippen LogP contribution in [0.4, 0.5) is 21.7 Å². The van der Waals surface area contributed by atoms with E-state index in [0.29, 0.717) is 11.6 Å². The summed E-state index contributed by atoms with van der Waals surface area (Å²) in [5.41, 5.74) is 3.32. The molecule has 0 aliphatic heterocycles. The summed E-state index contributed by atoms with van der Waals surface area (Å²) in [4.78, 5) is 20.9. The number of hydrogen-bond acceptors (Lipinski definition) is 4. The lowest BCUT2D eigenvalue weighted by Crippen LogP contribution is -2.12. The van der Waals surface area contributed by atoms with Gasteiger partial charge in [-0.1, -0.05) is 12.1 Å². The Morgan fingerprint density at radius 2 is 1.60 bits per heavy atom. The van der Waals surface area contributed by atoms with Gasteiger partial charge >= 0.3 is 0 Å². The quantitative estimate of drug-likeness (QED) is 0.748. The number of aryl methyl sites for hydroxylation is 2. The molecule has 2 N–H and O–H groups in total. The Morgan fingerprint density at radius 3 is 2.32 bits per heavy atom. The van der Waals surface area contributed by atoms with Crippen molar-refractivity contribution in [3.63, 3.8) is 0 Å². The molecule has 5 nitrogen and oxygen atoms in total. The molecule has 0 radical (unpaired) electrons. The van der Waals surface area contributed by atoms with E-state index < -0.39 is 5.82 Å². The Bertz CT molecular complexity index is 907. The van der Waals surface area contributed by atoms with Crippen molar-refractivity contribution in [3.05, 3.63) is 77.4 Å². The van der Waals surface area contributed by atoms with Gasteiger partial charge in [0.25, 0.3) is 5.91 Å². The molecule has 0 saturated heterocycles. The first-order valence-electron chi connectivity index (χ1n) is 7.76. The third kappa shape index (κ3) is 4.38. The van der Waals surface area contributed by atoms with E-state index in [9.17, 15) is 9.18 Å². The highest BCUT2D eigenvalue weighted by Gasteiger charge is 2.08. The third-order valence-corrected chi connectivity index (χ3v) is 3.45. The molecule has 1 heterocycles. The van der Waals surface area contributed by atoms with Crippen LogP contribution in [-0.4, -0.2) is 15.9 Å². The van der Waals surface area contributed by atoms with E-state index in [0.717, 1.165) is 17.1 Å². The summed E-state index contributed by atoms with van der Waals surface area (Å²) < 4.78 is 13.2. The maximum atomic E-state index is 13.2. The number of benzene rings is 2. The second kappa shape index (κ2) is 7.09. The molecular weight excluding hydrogens is 319 g/mol. The van der Waals surface area contributed by atoms with Crippen LogP contribution in [-0.2, 0) is 0 Å². The van der Waals surface area contributed by atoms with Crippen molar-refractivity contribution < 1.29 is 9.18 Å². The second-order valence-electron chi connectivity index (χ2n) is 5.64. The lowest BCUT2D eigenvalue weighted by atomic mass is 10.2. The first kappa shape index (κ1) is 16.6. The fraction of sp³-hybridized carbons (Fsp3) is 0.105. The van der Waals surface area contributed by atoms with E-state index in [2.05, 4.69) is 20.6 Å². The Kier molecular flexibility index (Phi) is 4.70. The van der Waals surface area contributed by atoms with Crippen LogP contribution < -0.4 is 10.6 Å². The minimum Gasteiger partial charge on any atom is -0.324 e. The fourth-order valence-electron chi connectivity index (χ4n) is 2.42. The highest BCUT2D eigenvalue weighted by molar-refractivity contribution is 6.04. The molecule has 1 amide bonds. The Labute approximate surface area is 145 Å². The number of carbonyl (C=O) groups is 1. The molecule has 0 saturated carbocycles. The minimum absolute atomic E-state index is 0.260. The summed E-state index contributed by atoms with van der Waals surface area (Å²) in [6.07, 6.45) is 0. The summed E-state index contributed by atoms with van der Waals surface area (Å²) >= 11 is 0. The first-order valence-corrected chi connectivity index (χ1v) is 7.76. The lowest BCUT2D eigenvalue weighted by Gasteiger charge is -2.09. The van der Waals surface area contributed by atoms with Crippen LogP contribution in [0, 0.1) is 19.7 Å². The normalized spacial score (nSPS) is 10.4. The summed E-state index contributed by atoms with van der Waals surface area (Å²) in [6, 6.07) is 14.6. The SMILES string of the molecule is Cc1cc(C)nc(Nc2cccc(NC(=O)c3cccc(F)c3)c2)n1. The van der Waals surface area contributed by atoms with Crippen molar-refractivity contribution >= 4 is 23.2 Å². The zero-order chi connectivity index (χ0) is 17.8. The average molecular weight is 336 g/mol. The van der Waals surface area contributed by atoms with E-state index in [1.807, 2.05) is 26.0 Å². The molecule has 0 aliphatic carbocycles. The first-order chi connectivity index (χ1) is 12.0. The van der Waals surface area contributed by atoms with Gasteiger partial charge in [0.2, 0.25) is 5.95 Å². The van der Waals surface area contributed by atoms with Gasteiger partial charge in [0.1, 0.15) is 5.82 Å². The molecule has 1 aromatic heterocycles. The van der Waals surface area contributed by atoms with Crippen LogP contribution >= 0.6 is 0 Å². The molecule has 0 unspecified atom stereocenters. The zero-order valence-electron chi connectivity index (χ0n) is 13.9. The fourth-order valence-corrected chi connectivity index (χ4v) is 2.42. The van der Waals surface area contributed by atoms with Gasteiger partial charge in [0.05, 0.1) is 0 Å². The van der Waals surface area contributed by atoms with Gasteiger partial charge in [0, 0.05) is 28.3 Å². The second-order valence-corrected chi connectivity index (χ2v) is 5.64. The maximum absolute atomic E-state index is 13.2. The van der Waals surface area contributed by atoms with Crippen molar-refractivity contribution in [2.45, 2.75) is 13.8 Å². The van der Waals surface area contributed by atoms with E-state index in [1.54, 1.807) is 24.3 Å². The predicted molar refractivity (Wildman–Crippen MR) is 95.6 cm³/mol. The van der Waals surface area contributed by atoms with E-state index in [1.165, 1.54) is 18.2 Å².